The first kappa shape index (κ1) is 20.8. The summed E-state index contributed by atoms with van der Waals surface area (Å²) in [4.78, 5) is 15.4. The highest BCUT2D eigenvalue weighted by atomic mass is 32.2. The molecule has 0 atom stereocenters. The monoisotopic (exact) mass is 425 g/mol. The topological polar surface area (TPSA) is 81.1 Å². The van der Waals surface area contributed by atoms with E-state index in [0.29, 0.717) is 35.6 Å². The van der Waals surface area contributed by atoms with Gasteiger partial charge in [-0.15, -0.1) is 0 Å². The summed E-state index contributed by atoms with van der Waals surface area (Å²) in [5.41, 5.74) is -3.62. The number of carbonyl (C=O) groups is 1. The van der Waals surface area contributed by atoms with Gasteiger partial charge in [-0.2, -0.15) is 13.2 Å². The van der Waals surface area contributed by atoms with Crippen LogP contribution < -0.4 is 5.32 Å². The summed E-state index contributed by atoms with van der Waals surface area (Å²) in [7, 11) is -5.46. The van der Waals surface area contributed by atoms with E-state index >= 15 is 0 Å². The zero-order valence-electron chi connectivity index (χ0n) is 15.6. The second-order valence-corrected chi connectivity index (χ2v) is 8.16. The van der Waals surface area contributed by atoms with Gasteiger partial charge in [-0.1, -0.05) is 12.1 Å². The molecule has 6 nitrogen and oxygen atoms in total. The number of hydrogen-bond acceptors (Lipinski definition) is 4. The molecule has 0 spiro atoms. The average molecular weight is 425 g/mol. The van der Waals surface area contributed by atoms with Crippen molar-refractivity contribution < 1.29 is 26.4 Å². The fourth-order valence-electron chi connectivity index (χ4n) is 2.98. The van der Waals surface area contributed by atoms with Crippen LogP contribution in [0.4, 0.5) is 13.2 Å². The van der Waals surface area contributed by atoms with Crippen LogP contribution in [0, 0.1) is 0 Å². The van der Waals surface area contributed by atoms with E-state index in [0.717, 1.165) is 12.1 Å². The lowest BCUT2D eigenvalue weighted by molar-refractivity contribution is -0.0435. The third-order valence-electron chi connectivity index (χ3n) is 4.39. The van der Waals surface area contributed by atoms with E-state index < -0.39 is 20.2 Å². The summed E-state index contributed by atoms with van der Waals surface area (Å²) < 4.78 is 63.7. The minimum atomic E-state index is -5.46. The average Bonchev–Trinajstić information content (AvgIpc) is 3.05. The maximum absolute atomic E-state index is 12.8. The van der Waals surface area contributed by atoms with Gasteiger partial charge in [-0.3, -0.25) is 4.79 Å². The molecular weight excluding hydrogens is 407 g/mol. The highest BCUT2D eigenvalue weighted by Crippen LogP contribution is 2.33. The Bertz CT molecular complexity index is 1170. The fraction of sp³-hybridized carbons (Fsp3) is 0.263. The molecule has 0 saturated carbocycles. The molecule has 0 aliphatic rings. The molecule has 1 aromatic heterocycles. The molecule has 3 rings (SSSR count). The second-order valence-electron chi connectivity index (χ2n) is 6.22. The van der Waals surface area contributed by atoms with E-state index in [1.54, 1.807) is 28.8 Å². The lowest BCUT2D eigenvalue weighted by Gasteiger charge is -2.09. The minimum absolute atomic E-state index is 0.139. The van der Waals surface area contributed by atoms with Gasteiger partial charge in [0, 0.05) is 24.2 Å². The Morgan fingerprint density at radius 1 is 1.10 bits per heavy atom. The molecule has 0 aliphatic heterocycles. The first-order valence-corrected chi connectivity index (χ1v) is 10.3. The van der Waals surface area contributed by atoms with Gasteiger partial charge in [0.2, 0.25) is 0 Å². The number of rotatable bonds is 5. The Kier molecular flexibility index (Phi) is 5.40. The molecule has 154 valence electrons. The van der Waals surface area contributed by atoms with Crippen molar-refractivity contribution in [3.8, 4) is 11.4 Å². The summed E-state index contributed by atoms with van der Waals surface area (Å²) in [6.45, 7) is 4.61. The third kappa shape index (κ3) is 3.71. The van der Waals surface area contributed by atoms with Crippen LogP contribution in [0.3, 0.4) is 0 Å². The minimum Gasteiger partial charge on any atom is -0.352 e. The van der Waals surface area contributed by atoms with Gasteiger partial charge < -0.3 is 9.88 Å². The lowest BCUT2D eigenvalue weighted by atomic mass is 10.1. The molecule has 0 aliphatic carbocycles. The number of amides is 1. The van der Waals surface area contributed by atoms with Crippen molar-refractivity contribution in [3.63, 3.8) is 0 Å². The predicted molar refractivity (Wildman–Crippen MR) is 102 cm³/mol. The van der Waals surface area contributed by atoms with Crippen LogP contribution in [-0.2, 0) is 16.4 Å². The number of fused-ring (bicyclic) bond motifs is 1. The predicted octanol–water partition coefficient (Wildman–Crippen LogP) is 3.77. The van der Waals surface area contributed by atoms with E-state index in [4.69, 9.17) is 0 Å². The van der Waals surface area contributed by atoms with Crippen molar-refractivity contribution in [2.24, 2.45) is 0 Å². The van der Waals surface area contributed by atoms with Crippen molar-refractivity contribution in [2.45, 2.75) is 30.8 Å². The van der Waals surface area contributed by atoms with Gasteiger partial charge >= 0.3 is 5.51 Å². The molecular formula is C19H18F3N3O3S. The lowest BCUT2D eigenvalue weighted by Crippen LogP contribution is -2.23. The van der Waals surface area contributed by atoms with Gasteiger partial charge in [-0.25, -0.2) is 13.4 Å². The van der Waals surface area contributed by atoms with Gasteiger partial charge in [0.1, 0.15) is 5.82 Å². The highest BCUT2D eigenvalue weighted by molar-refractivity contribution is 7.92. The molecule has 3 aromatic rings. The molecule has 29 heavy (non-hydrogen) atoms. The molecule has 1 heterocycles. The van der Waals surface area contributed by atoms with Crippen LogP contribution in [0.15, 0.2) is 47.4 Å². The number of aryl methyl sites for hydroxylation is 1. The number of nitrogens with one attached hydrogen (secondary N) is 1. The molecule has 0 bridgehead atoms. The summed E-state index contributed by atoms with van der Waals surface area (Å²) in [5.74, 6) is 0.247. The maximum Gasteiger partial charge on any atom is 0.501 e. The Morgan fingerprint density at radius 2 is 1.76 bits per heavy atom. The summed E-state index contributed by atoms with van der Waals surface area (Å²) in [5, 5.41) is 2.69. The Hall–Kier alpha value is -2.88. The summed E-state index contributed by atoms with van der Waals surface area (Å²) in [6, 6.07) is 9.80. The van der Waals surface area contributed by atoms with E-state index in [1.165, 1.54) is 6.07 Å². The van der Waals surface area contributed by atoms with E-state index in [2.05, 4.69) is 10.3 Å². The Labute approximate surface area is 165 Å². The Balaban J connectivity index is 2.09. The first-order chi connectivity index (χ1) is 13.6. The highest BCUT2D eigenvalue weighted by Gasteiger charge is 2.47. The molecule has 1 N–H and O–H groups in total. The largest absolute Gasteiger partial charge is 0.501 e. The number of halogens is 3. The quantitative estimate of drug-likeness (QED) is 0.675. The van der Waals surface area contributed by atoms with Gasteiger partial charge in [0.15, 0.2) is 0 Å². The zero-order valence-corrected chi connectivity index (χ0v) is 16.4. The molecule has 2 aromatic carbocycles. The molecule has 0 fully saturated rings. The summed E-state index contributed by atoms with van der Waals surface area (Å²) >= 11 is 0. The number of carbonyl (C=O) groups excluding carboxylic acids is 1. The van der Waals surface area contributed by atoms with E-state index in [-0.39, 0.29) is 11.4 Å². The normalized spacial score (nSPS) is 12.3. The number of alkyl halides is 3. The number of imidazole rings is 1. The van der Waals surface area contributed by atoms with Crippen LogP contribution in [-0.4, -0.2) is 35.9 Å². The second kappa shape index (κ2) is 7.51. The fourth-order valence-corrected chi connectivity index (χ4v) is 3.77. The maximum atomic E-state index is 12.8. The van der Waals surface area contributed by atoms with Crippen LogP contribution in [0.1, 0.15) is 24.2 Å². The van der Waals surface area contributed by atoms with Crippen LogP contribution >= 0.6 is 0 Å². The molecule has 0 unspecified atom stereocenters. The third-order valence-corrected chi connectivity index (χ3v) is 5.88. The SMILES string of the molecule is CCNC(=O)c1ccc(-c2nc3cc(S(=O)(=O)C(F)(F)F)ccc3n2CC)cc1. The molecule has 10 heteroatoms. The number of hydrogen-bond donors (Lipinski definition) is 1. The van der Waals surface area contributed by atoms with Crippen LogP contribution in [0.5, 0.6) is 0 Å². The van der Waals surface area contributed by atoms with Gasteiger partial charge in [-0.05, 0) is 44.2 Å². The van der Waals surface area contributed by atoms with Gasteiger partial charge in [0.25, 0.3) is 15.7 Å². The van der Waals surface area contributed by atoms with E-state index in [9.17, 15) is 26.4 Å². The zero-order chi connectivity index (χ0) is 21.4. The number of benzene rings is 2. The molecule has 1 amide bonds. The van der Waals surface area contributed by atoms with Crippen molar-refractivity contribution in [1.82, 2.24) is 14.9 Å². The van der Waals surface area contributed by atoms with Crippen molar-refractivity contribution in [1.29, 1.82) is 0 Å². The van der Waals surface area contributed by atoms with Crippen LogP contribution in [0.25, 0.3) is 22.4 Å². The van der Waals surface area contributed by atoms with Crippen molar-refractivity contribution in [2.75, 3.05) is 6.54 Å². The van der Waals surface area contributed by atoms with Crippen molar-refractivity contribution in [3.05, 3.63) is 48.0 Å². The standard InChI is InChI=1S/C19H18F3N3O3S/c1-3-23-18(26)13-7-5-12(6-8-13)17-24-15-11-14(29(27,28)19(20,21)22)9-10-16(15)25(17)4-2/h5-11H,3-4H2,1-2H3,(H,23,26). The smallest absolute Gasteiger partial charge is 0.352 e. The number of aromatic nitrogens is 2. The molecule has 0 radical (unpaired) electrons. The van der Waals surface area contributed by atoms with E-state index in [1.807, 2.05) is 13.8 Å². The van der Waals surface area contributed by atoms with Crippen molar-refractivity contribution >= 4 is 26.8 Å². The first-order valence-electron chi connectivity index (χ1n) is 8.80. The van der Waals surface area contributed by atoms with Gasteiger partial charge in [0.05, 0.1) is 15.9 Å². The number of sulfone groups is 1. The summed E-state index contributed by atoms with van der Waals surface area (Å²) in [6.07, 6.45) is 0. The Morgan fingerprint density at radius 3 is 2.31 bits per heavy atom. The molecule has 0 saturated heterocycles. The number of nitrogens with zero attached hydrogens (tertiary/aromatic N) is 2. The van der Waals surface area contributed by atoms with Crippen LogP contribution in [0.2, 0.25) is 0 Å².